The van der Waals surface area contributed by atoms with Crippen molar-refractivity contribution in [3.05, 3.63) is 35.0 Å². The third-order valence-electron chi connectivity index (χ3n) is 3.79. The molecule has 1 aromatic heterocycles. The Kier molecular flexibility index (Phi) is 3.59. The van der Waals surface area contributed by atoms with E-state index in [1.165, 1.54) is 0 Å². The maximum Gasteiger partial charge on any atom is 0.356 e. The zero-order chi connectivity index (χ0) is 15.0. The zero-order valence-corrected chi connectivity index (χ0v) is 12.5. The van der Waals surface area contributed by atoms with Crippen LogP contribution in [0.2, 0.25) is 5.02 Å². The average molecular weight is 306 g/mol. The van der Waals surface area contributed by atoms with Gasteiger partial charge in [-0.2, -0.15) is 5.10 Å². The lowest BCUT2D eigenvalue weighted by molar-refractivity contribution is 0.0689. The molecule has 21 heavy (non-hydrogen) atoms. The van der Waals surface area contributed by atoms with Crippen LogP contribution in [-0.2, 0) is 7.05 Å². The smallest absolute Gasteiger partial charge is 0.356 e. The number of carboxylic acids is 1. The first-order valence-electron chi connectivity index (χ1n) is 6.89. The number of nitrogens with zero attached hydrogens (tertiary/aromatic N) is 3. The van der Waals surface area contributed by atoms with Gasteiger partial charge in [0.05, 0.1) is 10.7 Å². The molecule has 0 spiro atoms. The molecule has 2 aromatic rings. The van der Waals surface area contributed by atoms with Crippen LogP contribution in [0.25, 0.3) is 11.3 Å². The number of anilines is 1. The Morgan fingerprint density at radius 2 is 2.05 bits per heavy atom. The minimum atomic E-state index is -1.04. The first-order chi connectivity index (χ1) is 10.1. The molecule has 3 rings (SSSR count). The van der Waals surface area contributed by atoms with Crippen LogP contribution in [0.5, 0.6) is 0 Å². The highest BCUT2D eigenvalue weighted by Gasteiger charge is 2.22. The van der Waals surface area contributed by atoms with Crippen molar-refractivity contribution in [1.29, 1.82) is 0 Å². The molecule has 0 amide bonds. The number of carbonyl (C=O) groups is 1. The van der Waals surface area contributed by atoms with Crippen molar-refractivity contribution in [2.24, 2.45) is 7.05 Å². The molecule has 1 aliphatic heterocycles. The predicted molar refractivity (Wildman–Crippen MR) is 82.1 cm³/mol. The number of hydrogen-bond donors (Lipinski definition) is 1. The third kappa shape index (κ3) is 2.49. The Morgan fingerprint density at radius 3 is 2.67 bits per heavy atom. The Hall–Kier alpha value is -2.01. The fourth-order valence-electron chi connectivity index (χ4n) is 2.79. The molecule has 1 fully saturated rings. The number of aryl methyl sites for hydroxylation is 1. The molecule has 6 heteroatoms. The van der Waals surface area contributed by atoms with Gasteiger partial charge in [-0.3, -0.25) is 4.68 Å². The van der Waals surface area contributed by atoms with E-state index in [9.17, 15) is 4.79 Å². The minimum Gasteiger partial charge on any atom is -0.476 e. The van der Waals surface area contributed by atoms with Crippen LogP contribution in [0.15, 0.2) is 24.3 Å². The molecule has 1 aliphatic rings. The van der Waals surface area contributed by atoms with Crippen molar-refractivity contribution in [1.82, 2.24) is 9.78 Å². The lowest BCUT2D eigenvalue weighted by Gasteiger charge is -2.22. The molecule has 0 radical (unpaired) electrons. The van der Waals surface area contributed by atoms with E-state index >= 15 is 0 Å². The standard InChI is InChI=1S/C15H16ClN3O2/c1-18-13(9-11(17-18)15(20)21)14-10(16)5-4-6-12(14)19-7-2-3-8-19/h4-6,9H,2-3,7-8H2,1H3,(H,20,21). The van der Waals surface area contributed by atoms with Crippen molar-refractivity contribution in [2.45, 2.75) is 12.8 Å². The van der Waals surface area contributed by atoms with E-state index in [1.54, 1.807) is 17.8 Å². The van der Waals surface area contributed by atoms with Gasteiger partial charge in [-0.05, 0) is 31.0 Å². The molecule has 0 unspecified atom stereocenters. The summed E-state index contributed by atoms with van der Waals surface area (Å²) in [7, 11) is 1.73. The number of aromatic nitrogens is 2. The molecule has 1 aromatic carbocycles. The number of benzene rings is 1. The van der Waals surface area contributed by atoms with Crippen molar-refractivity contribution >= 4 is 23.3 Å². The van der Waals surface area contributed by atoms with Crippen molar-refractivity contribution < 1.29 is 9.90 Å². The Bertz CT molecular complexity index is 690. The molecule has 1 N–H and O–H groups in total. The Labute approximate surface area is 127 Å². The van der Waals surface area contributed by atoms with Gasteiger partial charge in [0.1, 0.15) is 0 Å². The van der Waals surface area contributed by atoms with Gasteiger partial charge in [0, 0.05) is 31.4 Å². The summed E-state index contributed by atoms with van der Waals surface area (Å²) in [5, 5.41) is 13.7. The average Bonchev–Trinajstić information content (AvgIpc) is 3.08. The van der Waals surface area contributed by atoms with Crippen molar-refractivity contribution in [2.75, 3.05) is 18.0 Å². The number of rotatable bonds is 3. The van der Waals surface area contributed by atoms with Crippen LogP contribution < -0.4 is 4.90 Å². The van der Waals surface area contributed by atoms with Gasteiger partial charge in [-0.1, -0.05) is 17.7 Å². The number of carboxylic acid groups (broad SMARTS) is 1. The Balaban J connectivity index is 2.15. The fourth-order valence-corrected chi connectivity index (χ4v) is 3.06. The second-order valence-corrected chi connectivity index (χ2v) is 5.58. The first-order valence-corrected chi connectivity index (χ1v) is 7.27. The van der Waals surface area contributed by atoms with Gasteiger partial charge in [-0.15, -0.1) is 0 Å². The normalized spacial score (nSPS) is 14.7. The summed E-state index contributed by atoms with van der Waals surface area (Å²) in [6.45, 7) is 1.99. The van der Waals surface area contributed by atoms with Crippen LogP contribution in [0, 0.1) is 0 Å². The highest BCUT2D eigenvalue weighted by molar-refractivity contribution is 6.34. The summed E-state index contributed by atoms with van der Waals surface area (Å²) in [6.07, 6.45) is 2.33. The molecule has 0 aliphatic carbocycles. The SMILES string of the molecule is Cn1nc(C(=O)O)cc1-c1c(Cl)cccc1N1CCCC1. The molecule has 1 saturated heterocycles. The summed E-state index contributed by atoms with van der Waals surface area (Å²) in [5.74, 6) is -1.04. The van der Waals surface area contributed by atoms with Crippen LogP contribution in [0.4, 0.5) is 5.69 Å². The largest absolute Gasteiger partial charge is 0.476 e. The van der Waals surface area contributed by atoms with Crippen LogP contribution in [-0.4, -0.2) is 33.9 Å². The number of aromatic carboxylic acids is 1. The third-order valence-corrected chi connectivity index (χ3v) is 4.11. The van der Waals surface area contributed by atoms with E-state index in [-0.39, 0.29) is 5.69 Å². The van der Waals surface area contributed by atoms with Gasteiger partial charge in [0.25, 0.3) is 0 Å². The van der Waals surface area contributed by atoms with E-state index in [4.69, 9.17) is 16.7 Å². The van der Waals surface area contributed by atoms with E-state index in [0.29, 0.717) is 5.02 Å². The summed E-state index contributed by atoms with van der Waals surface area (Å²) >= 11 is 6.39. The maximum absolute atomic E-state index is 11.1. The van der Waals surface area contributed by atoms with Gasteiger partial charge in [0.15, 0.2) is 5.69 Å². The highest BCUT2D eigenvalue weighted by atomic mass is 35.5. The molecule has 5 nitrogen and oxygen atoms in total. The molecule has 0 saturated carbocycles. The van der Waals surface area contributed by atoms with Gasteiger partial charge in [-0.25, -0.2) is 4.79 Å². The highest BCUT2D eigenvalue weighted by Crippen LogP contribution is 2.38. The van der Waals surface area contributed by atoms with E-state index in [0.717, 1.165) is 42.9 Å². The number of hydrogen-bond acceptors (Lipinski definition) is 3. The molecule has 110 valence electrons. The van der Waals surface area contributed by atoms with E-state index < -0.39 is 5.97 Å². The number of halogens is 1. The lowest BCUT2D eigenvalue weighted by Crippen LogP contribution is -2.18. The maximum atomic E-state index is 11.1. The van der Waals surface area contributed by atoms with Crippen LogP contribution in [0.3, 0.4) is 0 Å². The molecule has 0 bridgehead atoms. The van der Waals surface area contributed by atoms with E-state index in [1.807, 2.05) is 18.2 Å². The summed E-state index contributed by atoms with van der Waals surface area (Å²) in [6, 6.07) is 7.35. The van der Waals surface area contributed by atoms with Crippen LogP contribution in [0.1, 0.15) is 23.3 Å². The summed E-state index contributed by atoms with van der Waals surface area (Å²) in [4.78, 5) is 13.4. The lowest BCUT2D eigenvalue weighted by atomic mass is 10.1. The summed E-state index contributed by atoms with van der Waals surface area (Å²) < 4.78 is 1.57. The predicted octanol–water partition coefficient (Wildman–Crippen LogP) is 3.04. The van der Waals surface area contributed by atoms with Crippen LogP contribution >= 0.6 is 11.6 Å². The van der Waals surface area contributed by atoms with E-state index in [2.05, 4.69) is 10.00 Å². The molecule has 2 heterocycles. The summed E-state index contributed by atoms with van der Waals surface area (Å²) in [5.41, 5.74) is 2.64. The van der Waals surface area contributed by atoms with Crippen molar-refractivity contribution in [3.8, 4) is 11.3 Å². The fraction of sp³-hybridized carbons (Fsp3) is 0.333. The van der Waals surface area contributed by atoms with Crippen molar-refractivity contribution in [3.63, 3.8) is 0 Å². The van der Waals surface area contributed by atoms with Gasteiger partial charge >= 0.3 is 5.97 Å². The second-order valence-electron chi connectivity index (χ2n) is 5.17. The minimum absolute atomic E-state index is 0.0276. The zero-order valence-electron chi connectivity index (χ0n) is 11.7. The quantitative estimate of drug-likeness (QED) is 0.947. The topological polar surface area (TPSA) is 58.4 Å². The van der Waals surface area contributed by atoms with Gasteiger partial charge < -0.3 is 10.0 Å². The Morgan fingerprint density at radius 1 is 1.33 bits per heavy atom. The monoisotopic (exact) mass is 305 g/mol. The molecular formula is C15H16ClN3O2. The van der Waals surface area contributed by atoms with Gasteiger partial charge in [0.2, 0.25) is 0 Å². The molecular weight excluding hydrogens is 290 g/mol. The second kappa shape index (κ2) is 5.41. The molecule has 0 atom stereocenters. The first kappa shape index (κ1) is 13.9.